The van der Waals surface area contributed by atoms with E-state index in [2.05, 4.69) is 29.6 Å². The first kappa shape index (κ1) is 19.9. The van der Waals surface area contributed by atoms with Gasteiger partial charge in [0.25, 0.3) is 0 Å². The van der Waals surface area contributed by atoms with Gasteiger partial charge in [0.15, 0.2) is 0 Å². The van der Waals surface area contributed by atoms with Crippen LogP contribution in [-0.2, 0) is 11.3 Å². The average Bonchev–Trinajstić information content (AvgIpc) is 3.10. The van der Waals surface area contributed by atoms with Crippen molar-refractivity contribution in [2.24, 2.45) is 5.73 Å². The molecule has 0 fully saturated rings. The van der Waals surface area contributed by atoms with E-state index >= 15 is 0 Å². The van der Waals surface area contributed by atoms with Crippen LogP contribution in [0.2, 0.25) is 0 Å². The standard InChI is InChI=1S/C25H23FN2O2/c26-19-12-11-17(18(14-19)15-27)6-5-13-28-25(29)30-16-24-22-9-3-1-7-20(22)21-8-2-4-10-23(21)24/h1-12,14,24H,13,15-16,27H2,(H,28,29). The van der Waals surface area contributed by atoms with E-state index in [1.807, 2.05) is 30.3 Å². The van der Waals surface area contributed by atoms with E-state index in [-0.39, 0.29) is 24.9 Å². The number of nitrogens with one attached hydrogen (secondary N) is 1. The van der Waals surface area contributed by atoms with Crippen molar-refractivity contribution in [1.29, 1.82) is 0 Å². The summed E-state index contributed by atoms with van der Waals surface area (Å²) in [7, 11) is 0. The van der Waals surface area contributed by atoms with Gasteiger partial charge in [0.1, 0.15) is 12.4 Å². The number of benzene rings is 3. The molecule has 30 heavy (non-hydrogen) atoms. The lowest BCUT2D eigenvalue weighted by Crippen LogP contribution is -2.26. The third kappa shape index (κ3) is 4.11. The maximum Gasteiger partial charge on any atom is 0.407 e. The van der Waals surface area contributed by atoms with Crippen LogP contribution in [0.5, 0.6) is 0 Å². The van der Waals surface area contributed by atoms with E-state index in [0.717, 1.165) is 5.56 Å². The summed E-state index contributed by atoms with van der Waals surface area (Å²) in [6, 6.07) is 20.9. The molecule has 3 aromatic rings. The molecule has 5 heteroatoms. The molecule has 3 aromatic carbocycles. The number of carbonyl (C=O) groups is 1. The van der Waals surface area contributed by atoms with E-state index in [1.165, 1.54) is 34.4 Å². The fourth-order valence-corrected chi connectivity index (χ4v) is 3.89. The Hall–Kier alpha value is -3.44. The third-order valence-corrected chi connectivity index (χ3v) is 5.33. The summed E-state index contributed by atoms with van der Waals surface area (Å²) < 4.78 is 18.8. The van der Waals surface area contributed by atoms with Gasteiger partial charge in [-0.25, -0.2) is 9.18 Å². The number of fused-ring (bicyclic) bond motifs is 3. The van der Waals surface area contributed by atoms with Crippen molar-refractivity contribution in [3.05, 3.63) is 101 Å². The minimum absolute atomic E-state index is 0.0324. The molecule has 152 valence electrons. The zero-order valence-electron chi connectivity index (χ0n) is 16.5. The molecule has 0 saturated carbocycles. The van der Waals surface area contributed by atoms with Gasteiger partial charge < -0.3 is 15.8 Å². The lowest BCUT2D eigenvalue weighted by Gasteiger charge is -2.14. The van der Waals surface area contributed by atoms with Crippen LogP contribution in [0.4, 0.5) is 9.18 Å². The monoisotopic (exact) mass is 402 g/mol. The fourth-order valence-electron chi connectivity index (χ4n) is 3.89. The molecule has 1 aliphatic rings. The van der Waals surface area contributed by atoms with Crippen LogP contribution < -0.4 is 11.1 Å². The second-order valence-corrected chi connectivity index (χ2v) is 7.16. The number of amides is 1. The molecule has 0 heterocycles. The molecule has 0 bridgehead atoms. The van der Waals surface area contributed by atoms with Gasteiger partial charge >= 0.3 is 6.09 Å². The summed E-state index contributed by atoms with van der Waals surface area (Å²) in [5, 5.41) is 2.72. The summed E-state index contributed by atoms with van der Waals surface area (Å²) in [4.78, 5) is 12.2. The highest BCUT2D eigenvalue weighted by molar-refractivity contribution is 5.79. The SMILES string of the molecule is NCc1cc(F)ccc1C=CCNC(=O)OCC1c2ccccc2-c2ccccc21. The molecule has 0 aromatic heterocycles. The van der Waals surface area contributed by atoms with Gasteiger partial charge in [0.05, 0.1) is 0 Å². The van der Waals surface area contributed by atoms with Crippen molar-refractivity contribution >= 4 is 12.2 Å². The second-order valence-electron chi connectivity index (χ2n) is 7.16. The predicted octanol–water partition coefficient (Wildman–Crippen LogP) is 4.84. The van der Waals surface area contributed by atoms with Crippen LogP contribution >= 0.6 is 0 Å². The normalized spacial score (nSPS) is 12.6. The largest absolute Gasteiger partial charge is 0.449 e. The molecule has 1 amide bonds. The Morgan fingerprint density at radius 3 is 2.37 bits per heavy atom. The first-order chi connectivity index (χ1) is 14.7. The number of alkyl carbamates (subject to hydrolysis) is 1. The van der Waals surface area contributed by atoms with Gasteiger partial charge in [-0.2, -0.15) is 0 Å². The lowest BCUT2D eigenvalue weighted by atomic mass is 9.98. The predicted molar refractivity (Wildman–Crippen MR) is 116 cm³/mol. The van der Waals surface area contributed by atoms with Crippen molar-refractivity contribution in [1.82, 2.24) is 5.32 Å². The van der Waals surface area contributed by atoms with Crippen LogP contribution in [-0.4, -0.2) is 19.2 Å². The highest BCUT2D eigenvalue weighted by Gasteiger charge is 2.28. The molecule has 4 rings (SSSR count). The van der Waals surface area contributed by atoms with Crippen molar-refractivity contribution in [3.8, 4) is 11.1 Å². The van der Waals surface area contributed by atoms with Gasteiger partial charge in [-0.15, -0.1) is 0 Å². The molecule has 0 atom stereocenters. The van der Waals surface area contributed by atoms with E-state index in [4.69, 9.17) is 10.5 Å². The van der Waals surface area contributed by atoms with Gasteiger partial charge in [-0.1, -0.05) is 66.7 Å². The Labute approximate surface area is 175 Å². The van der Waals surface area contributed by atoms with Crippen LogP contribution in [0.25, 0.3) is 17.2 Å². The van der Waals surface area contributed by atoms with E-state index in [1.54, 1.807) is 12.1 Å². The number of rotatable bonds is 6. The number of nitrogens with two attached hydrogens (primary N) is 1. The van der Waals surface area contributed by atoms with E-state index in [9.17, 15) is 9.18 Å². The first-order valence-corrected chi connectivity index (χ1v) is 9.91. The average molecular weight is 402 g/mol. The molecule has 0 saturated heterocycles. The molecule has 0 spiro atoms. The Morgan fingerprint density at radius 2 is 1.70 bits per heavy atom. The van der Waals surface area contributed by atoms with Crippen molar-refractivity contribution < 1.29 is 13.9 Å². The smallest absolute Gasteiger partial charge is 0.407 e. The molecule has 4 nitrogen and oxygen atoms in total. The minimum atomic E-state index is -0.473. The molecule has 0 unspecified atom stereocenters. The molecule has 0 radical (unpaired) electrons. The summed E-state index contributed by atoms with van der Waals surface area (Å²) in [6.45, 7) is 0.828. The maximum absolute atomic E-state index is 13.3. The van der Waals surface area contributed by atoms with Gasteiger partial charge in [0.2, 0.25) is 0 Å². The summed E-state index contributed by atoms with van der Waals surface area (Å²) in [5.41, 5.74) is 11.9. The van der Waals surface area contributed by atoms with E-state index in [0.29, 0.717) is 12.1 Å². The van der Waals surface area contributed by atoms with Gasteiger partial charge in [0, 0.05) is 19.0 Å². The van der Waals surface area contributed by atoms with Gasteiger partial charge in [-0.05, 0) is 45.5 Å². The Morgan fingerprint density at radius 1 is 1.03 bits per heavy atom. The molecular weight excluding hydrogens is 379 g/mol. The topological polar surface area (TPSA) is 64.3 Å². The van der Waals surface area contributed by atoms with Crippen LogP contribution in [0.15, 0.2) is 72.8 Å². The Bertz CT molecular complexity index is 1050. The van der Waals surface area contributed by atoms with Gasteiger partial charge in [-0.3, -0.25) is 0 Å². The number of ether oxygens (including phenoxy) is 1. The van der Waals surface area contributed by atoms with Crippen LogP contribution in [0.1, 0.15) is 28.2 Å². The molecule has 1 aliphatic carbocycles. The highest BCUT2D eigenvalue weighted by Crippen LogP contribution is 2.44. The van der Waals surface area contributed by atoms with Crippen LogP contribution in [0.3, 0.4) is 0 Å². The first-order valence-electron chi connectivity index (χ1n) is 9.91. The number of hydrogen-bond acceptors (Lipinski definition) is 3. The molecular formula is C25H23FN2O2. The minimum Gasteiger partial charge on any atom is -0.449 e. The zero-order valence-corrected chi connectivity index (χ0v) is 16.5. The van der Waals surface area contributed by atoms with Crippen LogP contribution in [0, 0.1) is 5.82 Å². The summed E-state index contributed by atoms with van der Waals surface area (Å²) in [6.07, 6.45) is 3.12. The highest BCUT2D eigenvalue weighted by atomic mass is 19.1. The maximum atomic E-state index is 13.3. The Balaban J connectivity index is 1.34. The fraction of sp³-hybridized carbons (Fsp3) is 0.160. The molecule has 3 N–H and O–H groups in total. The number of halogens is 1. The third-order valence-electron chi connectivity index (χ3n) is 5.33. The van der Waals surface area contributed by atoms with Crippen molar-refractivity contribution in [3.63, 3.8) is 0 Å². The molecule has 0 aliphatic heterocycles. The quantitative estimate of drug-likeness (QED) is 0.620. The number of carbonyl (C=O) groups excluding carboxylic acids is 1. The second kappa shape index (κ2) is 8.93. The lowest BCUT2D eigenvalue weighted by molar-refractivity contribution is 0.144. The Kier molecular flexibility index (Phi) is 5.91. The van der Waals surface area contributed by atoms with Crippen molar-refractivity contribution in [2.75, 3.05) is 13.2 Å². The van der Waals surface area contributed by atoms with Crippen molar-refractivity contribution in [2.45, 2.75) is 12.5 Å². The number of hydrogen-bond donors (Lipinski definition) is 2. The zero-order chi connectivity index (χ0) is 20.9. The van der Waals surface area contributed by atoms with E-state index < -0.39 is 6.09 Å². The summed E-state index contributed by atoms with van der Waals surface area (Å²) in [5.74, 6) is -0.283. The summed E-state index contributed by atoms with van der Waals surface area (Å²) >= 11 is 0.